The number of amides is 1. The number of rotatable bonds is 4. The number of aryl methyl sites for hydroxylation is 1. The minimum Gasteiger partial charge on any atom is -0.345 e. The molecule has 0 bridgehead atoms. The first-order valence-corrected chi connectivity index (χ1v) is 7.73. The van der Waals surface area contributed by atoms with Gasteiger partial charge in [0, 0.05) is 30.5 Å². The van der Waals surface area contributed by atoms with Gasteiger partial charge in [-0.15, -0.1) is 0 Å². The van der Waals surface area contributed by atoms with E-state index in [4.69, 9.17) is 10.7 Å². The van der Waals surface area contributed by atoms with Gasteiger partial charge < -0.3 is 9.47 Å². The molecule has 5 nitrogen and oxygen atoms in total. The number of halogens is 4. The van der Waals surface area contributed by atoms with Crippen LogP contribution < -0.4 is 0 Å². The number of hydrogen-bond donors (Lipinski definition) is 0. The molecule has 0 radical (unpaired) electrons. The number of carbonyl (C=O) groups is 1. The minimum absolute atomic E-state index is 0.160. The topological polar surface area (TPSA) is 59.4 Å². The van der Waals surface area contributed by atoms with Gasteiger partial charge in [-0.05, 0) is 13.0 Å². The standard InChI is InChI=1S/C10H12ClF3N2O3S/c1-3-16(6-10(12,13)14)9(17)8-4-7(5-15(8)2)20(11,18)19/h4-5H,3,6H2,1-2H3. The van der Waals surface area contributed by atoms with Crippen molar-refractivity contribution in [3.63, 3.8) is 0 Å². The average Bonchev–Trinajstić information content (AvgIpc) is 2.65. The molecule has 1 rings (SSSR count). The molecule has 114 valence electrons. The fourth-order valence-electron chi connectivity index (χ4n) is 1.59. The van der Waals surface area contributed by atoms with Gasteiger partial charge in [0.2, 0.25) is 0 Å². The molecule has 0 saturated heterocycles. The lowest BCUT2D eigenvalue weighted by Gasteiger charge is -2.22. The minimum atomic E-state index is -4.53. The predicted octanol–water partition coefficient (Wildman–Crippen LogP) is 1.98. The highest BCUT2D eigenvalue weighted by molar-refractivity contribution is 8.13. The van der Waals surface area contributed by atoms with Crippen molar-refractivity contribution >= 4 is 25.6 Å². The Hall–Kier alpha value is -1.22. The summed E-state index contributed by atoms with van der Waals surface area (Å²) in [4.78, 5) is 12.2. The highest BCUT2D eigenvalue weighted by Crippen LogP contribution is 2.21. The monoisotopic (exact) mass is 332 g/mol. The highest BCUT2D eigenvalue weighted by Gasteiger charge is 2.33. The fraction of sp³-hybridized carbons (Fsp3) is 0.500. The van der Waals surface area contributed by atoms with E-state index in [0.29, 0.717) is 4.90 Å². The molecular formula is C10H12ClF3N2O3S. The summed E-state index contributed by atoms with van der Waals surface area (Å²) in [6.07, 6.45) is -3.46. The maximum absolute atomic E-state index is 12.3. The number of nitrogens with zero attached hydrogens (tertiary/aromatic N) is 2. The summed E-state index contributed by atoms with van der Waals surface area (Å²) in [6.45, 7) is -0.172. The zero-order chi connectivity index (χ0) is 15.7. The van der Waals surface area contributed by atoms with Crippen molar-refractivity contribution < 1.29 is 26.4 Å². The second-order valence-electron chi connectivity index (χ2n) is 4.04. The molecule has 0 atom stereocenters. The molecule has 0 aliphatic rings. The summed E-state index contributed by atoms with van der Waals surface area (Å²) >= 11 is 0. The van der Waals surface area contributed by atoms with Crippen LogP contribution in [0.1, 0.15) is 17.4 Å². The van der Waals surface area contributed by atoms with E-state index in [1.54, 1.807) is 0 Å². The van der Waals surface area contributed by atoms with Gasteiger partial charge in [0.1, 0.15) is 17.1 Å². The molecule has 0 N–H and O–H groups in total. The lowest BCUT2D eigenvalue weighted by molar-refractivity contribution is -0.140. The smallest absolute Gasteiger partial charge is 0.345 e. The van der Waals surface area contributed by atoms with Gasteiger partial charge >= 0.3 is 6.18 Å². The molecular weight excluding hydrogens is 321 g/mol. The van der Waals surface area contributed by atoms with Gasteiger partial charge in [-0.25, -0.2) is 8.42 Å². The van der Waals surface area contributed by atoms with E-state index in [0.717, 1.165) is 16.8 Å². The van der Waals surface area contributed by atoms with Crippen LogP contribution in [-0.4, -0.2) is 43.1 Å². The zero-order valence-electron chi connectivity index (χ0n) is 10.6. The molecule has 0 aliphatic heterocycles. The summed E-state index contributed by atoms with van der Waals surface area (Å²) in [5, 5.41) is 0. The quantitative estimate of drug-likeness (QED) is 0.792. The molecule has 0 unspecified atom stereocenters. The predicted molar refractivity (Wildman–Crippen MR) is 66.1 cm³/mol. The van der Waals surface area contributed by atoms with E-state index in [9.17, 15) is 26.4 Å². The van der Waals surface area contributed by atoms with Crippen LogP contribution in [0.4, 0.5) is 13.2 Å². The molecule has 10 heteroatoms. The van der Waals surface area contributed by atoms with Crippen molar-refractivity contribution in [2.75, 3.05) is 13.1 Å². The summed E-state index contributed by atoms with van der Waals surface area (Å²) in [6, 6.07) is 0.948. The van der Waals surface area contributed by atoms with Crippen LogP contribution in [0.25, 0.3) is 0 Å². The molecule has 0 aromatic carbocycles. The van der Waals surface area contributed by atoms with E-state index in [2.05, 4.69) is 0 Å². The number of carbonyl (C=O) groups excluding carboxylic acids is 1. The van der Waals surface area contributed by atoms with Crippen LogP contribution in [0.15, 0.2) is 17.2 Å². The Morgan fingerprint density at radius 1 is 1.45 bits per heavy atom. The maximum atomic E-state index is 12.3. The molecule has 0 aliphatic carbocycles. The maximum Gasteiger partial charge on any atom is 0.406 e. The molecule has 1 amide bonds. The van der Waals surface area contributed by atoms with Gasteiger partial charge in [-0.2, -0.15) is 13.2 Å². The van der Waals surface area contributed by atoms with Crippen LogP contribution in [0.3, 0.4) is 0 Å². The van der Waals surface area contributed by atoms with Gasteiger partial charge in [-0.1, -0.05) is 0 Å². The van der Waals surface area contributed by atoms with Crippen LogP contribution in [-0.2, 0) is 16.1 Å². The third-order valence-corrected chi connectivity index (χ3v) is 3.84. The molecule has 1 heterocycles. The molecule has 0 fully saturated rings. The van der Waals surface area contributed by atoms with Crippen LogP contribution in [0, 0.1) is 0 Å². The molecule has 20 heavy (non-hydrogen) atoms. The number of hydrogen-bond acceptors (Lipinski definition) is 3. The normalized spacial score (nSPS) is 12.5. The molecule has 0 spiro atoms. The van der Waals surface area contributed by atoms with E-state index >= 15 is 0 Å². The number of aromatic nitrogens is 1. The van der Waals surface area contributed by atoms with Crippen molar-refractivity contribution in [1.82, 2.24) is 9.47 Å². The Balaban J connectivity index is 3.11. The van der Waals surface area contributed by atoms with Crippen molar-refractivity contribution in [3.05, 3.63) is 18.0 Å². The Morgan fingerprint density at radius 3 is 2.35 bits per heavy atom. The number of alkyl halides is 3. The lowest BCUT2D eigenvalue weighted by atomic mass is 10.3. The first-order valence-electron chi connectivity index (χ1n) is 5.42. The first-order chi connectivity index (χ1) is 8.95. The van der Waals surface area contributed by atoms with E-state index in [-0.39, 0.29) is 17.1 Å². The Labute approximate surface area is 118 Å². The van der Waals surface area contributed by atoms with Crippen LogP contribution in [0.5, 0.6) is 0 Å². The third-order valence-electron chi connectivity index (χ3n) is 2.52. The Kier molecular flexibility index (Phi) is 4.75. The molecule has 1 aromatic rings. The van der Waals surface area contributed by atoms with Gasteiger partial charge in [0.25, 0.3) is 15.0 Å². The van der Waals surface area contributed by atoms with Crippen molar-refractivity contribution in [1.29, 1.82) is 0 Å². The van der Waals surface area contributed by atoms with Crippen LogP contribution >= 0.6 is 10.7 Å². The summed E-state index contributed by atoms with van der Waals surface area (Å²) in [5.74, 6) is -0.918. The van der Waals surface area contributed by atoms with Crippen molar-refractivity contribution in [2.45, 2.75) is 18.0 Å². The molecule has 1 aromatic heterocycles. The van der Waals surface area contributed by atoms with E-state index < -0.39 is 27.7 Å². The summed E-state index contributed by atoms with van der Waals surface area (Å²) in [5.41, 5.74) is -0.185. The Morgan fingerprint density at radius 2 is 2.00 bits per heavy atom. The third kappa shape index (κ3) is 4.14. The largest absolute Gasteiger partial charge is 0.406 e. The Bertz CT molecular complexity index is 610. The van der Waals surface area contributed by atoms with Gasteiger partial charge in [-0.3, -0.25) is 4.79 Å². The van der Waals surface area contributed by atoms with E-state index in [1.165, 1.54) is 14.0 Å². The van der Waals surface area contributed by atoms with E-state index in [1.807, 2.05) is 0 Å². The van der Waals surface area contributed by atoms with Crippen molar-refractivity contribution in [2.24, 2.45) is 7.05 Å². The fourth-order valence-corrected chi connectivity index (χ4v) is 2.38. The van der Waals surface area contributed by atoms with Gasteiger partial charge in [0.15, 0.2) is 0 Å². The first kappa shape index (κ1) is 16.8. The van der Waals surface area contributed by atoms with Gasteiger partial charge in [0.05, 0.1) is 0 Å². The average molecular weight is 333 g/mol. The lowest BCUT2D eigenvalue weighted by Crippen LogP contribution is -2.39. The highest BCUT2D eigenvalue weighted by atomic mass is 35.7. The zero-order valence-corrected chi connectivity index (χ0v) is 12.2. The molecule has 0 saturated carbocycles. The SMILES string of the molecule is CCN(CC(F)(F)F)C(=O)c1cc(S(=O)(=O)Cl)cn1C. The summed E-state index contributed by atoms with van der Waals surface area (Å²) in [7, 11) is 2.42. The van der Waals surface area contributed by atoms with Crippen LogP contribution in [0.2, 0.25) is 0 Å². The second-order valence-corrected chi connectivity index (χ2v) is 6.61. The summed E-state index contributed by atoms with van der Waals surface area (Å²) < 4.78 is 60.4. The second kappa shape index (κ2) is 5.65. The van der Waals surface area contributed by atoms with Crippen molar-refractivity contribution in [3.8, 4) is 0 Å².